The second kappa shape index (κ2) is 8.03. The Balaban J connectivity index is 0.00000256. The van der Waals surface area contributed by atoms with E-state index in [4.69, 9.17) is 0 Å². The molecule has 1 amide bonds. The first-order valence-electron chi connectivity index (χ1n) is 9.40. The van der Waals surface area contributed by atoms with Crippen molar-refractivity contribution >= 4 is 18.3 Å². The summed E-state index contributed by atoms with van der Waals surface area (Å²) in [5.41, 5.74) is 1.15. The highest BCUT2D eigenvalue weighted by Gasteiger charge is 2.50. The van der Waals surface area contributed by atoms with Gasteiger partial charge in [0, 0.05) is 24.8 Å². The summed E-state index contributed by atoms with van der Waals surface area (Å²) in [7, 11) is 1.80. The van der Waals surface area contributed by atoms with Gasteiger partial charge in [-0.15, -0.1) is 25.6 Å². The van der Waals surface area contributed by atoms with Gasteiger partial charge >= 0.3 is 6.36 Å². The van der Waals surface area contributed by atoms with E-state index < -0.39 is 11.9 Å². The number of hydrogen-bond acceptors (Lipinski definition) is 5. The number of halogens is 4. The Morgan fingerprint density at radius 2 is 2.00 bits per heavy atom. The van der Waals surface area contributed by atoms with Crippen LogP contribution in [-0.4, -0.2) is 46.3 Å². The van der Waals surface area contributed by atoms with Gasteiger partial charge in [-0.3, -0.25) is 10.1 Å². The van der Waals surface area contributed by atoms with Crippen molar-refractivity contribution in [2.45, 2.75) is 44.1 Å². The summed E-state index contributed by atoms with van der Waals surface area (Å²) in [6.45, 7) is 2.52. The Bertz CT molecular complexity index is 956. The lowest BCUT2D eigenvalue weighted by atomic mass is 9.96. The molecule has 2 aromatic rings. The largest absolute Gasteiger partial charge is 0.573 e. The van der Waals surface area contributed by atoms with E-state index in [-0.39, 0.29) is 30.1 Å². The molecule has 0 unspecified atom stereocenters. The van der Waals surface area contributed by atoms with Crippen LogP contribution in [-0.2, 0) is 4.79 Å². The summed E-state index contributed by atoms with van der Waals surface area (Å²) in [6, 6.07) is 7.25. The maximum absolute atomic E-state index is 12.5. The second-order valence-electron chi connectivity index (χ2n) is 7.62. The predicted octanol–water partition coefficient (Wildman–Crippen LogP) is 3.80. The first-order valence-corrected chi connectivity index (χ1v) is 9.40. The van der Waals surface area contributed by atoms with E-state index in [1.54, 1.807) is 24.1 Å². The van der Waals surface area contributed by atoms with Crippen molar-refractivity contribution in [1.82, 2.24) is 20.2 Å². The molecule has 162 valence electrons. The number of carbonyl (C=O) groups is 1. The number of aromatic nitrogens is 2. The number of aryl methyl sites for hydroxylation is 1. The number of carbonyl (C=O) groups excluding carboxylic acids is 1. The number of likely N-dealkylation sites (N-methyl/N-ethyl adjacent to an activating group) is 1. The van der Waals surface area contributed by atoms with Gasteiger partial charge in [0.25, 0.3) is 0 Å². The number of benzene rings is 1. The Morgan fingerprint density at radius 3 is 2.67 bits per heavy atom. The summed E-state index contributed by atoms with van der Waals surface area (Å²) in [5.74, 6) is 0.330. The van der Waals surface area contributed by atoms with Crippen LogP contribution in [0.15, 0.2) is 30.3 Å². The van der Waals surface area contributed by atoms with E-state index >= 15 is 0 Å². The first-order chi connectivity index (χ1) is 13.7. The maximum Gasteiger partial charge on any atom is 0.573 e. The summed E-state index contributed by atoms with van der Waals surface area (Å²) >= 11 is 0. The van der Waals surface area contributed by atoms with Gasteiger partial charge in [0.05, 0.1) is 11.7 Å². The highest BCUT2D eigenvalue weighted by molar-refractivity contribution is 5.88. The Kier molecular flexibility index (Phi) is 5.97. The van der Waals surface area contributed by atoms with E-state index in [1.807, 2.05) is 6.92 Å². The second-order valence-corrected chi connectivity index (χ2v) is 7.62. The van der Waals surface area contributed by atoms with Crippen LogP contribution in [0.4, 0.5) is 13.2 Å². The van der Waals surface area contributed by atoms with E-state index in [0.29, 0.717) is 35.7 Å². The first kappa shape index (κ1) is 22.3. The Hall–Kier alpha value is -2.39. The van der Waals surface area contributed by atoms with Crippen molar-refractivity contribution in [1.29, 1.82) is 0 Å². The molecule has 2 aliphatic heterocycles. The van der Waals surface area contributed by atoms with Gasteiger partial charge < -0.3 is 9.64 Å². The van der Waals surface area contributed by atoms with E-state index in [9.17, 15) is 18.0 Å². The van der Waals surface area contributed by atoms with Crippen LogP contribution in [0.2, 0.25) is 0 Å². The lowest BCUT2D eigenvalue weighted by Crippen LogP contribution is -2.47. The smallest absolute Gasteiger partial charge is 0.406 e. The predicted molar refractivity (Wildman–Crippen MR) is 106 cm³/mol. The van der Waals surface area contributed by atoms with Gasteiger partial charge in [-0.05, 0) is 44.4 Å². The molecule has 4 rings (SSSR count). The average molecular weight is 443 g/mol. The van der Waals surface area contributed by atoms with Crippen molar-refractivity contribution in [2.75, 3.05) is 13.6 Å². The van der Waals surface area contributed by atoms with Crippen molar-refractivity contribution in [3.63, 3.8) is 0 Å². The minimum Gasteiger partial charge on any atom is -0.406 e. The van der Waals surface area contributed by atoms with Gasteiger partial charge in [0.1, 0.15) is 17.1 Å². The molecule has 0 radical (unpaired) electrons. The molecule has 10 heteroatoms. The molecule has 2 aliphatic rings. The number of likely N-dealkylation sites (tertiary alicyclic amines) is 1. The number of hydrogen-bond donors (Lipinski definition) is 1. The van der Waals surface area contributed by atoms with Crippen LogP contribution in [0.5, 0.6) is 5.75 Å². The normalized spacial score (nSPS) is 23.7. The lowest BCUT2D eigenvalue weighted by Gasteiger charge is -2.23. The molecule has 3 heterocycles. The zero-order chi connectivity index (χ0) is 20.8. The van der Waals surface area contributed by atoms with Gasteiger partial charge in [0.2, 0.25) is 5.91 Å². The average Bonchev–Trinajstić information content (AvgIpc) is 3.20. The van der Waals surface area contributed by atoms with Crippen LogP contribution in [0, 0.1) is 6.92 Å². The minimum atomic E-state index is -4.76. The summed E-state index contributed by atoms with van der Waals surface area (Å²) < 4.78 is 41.6. The number of nitrogens with zero attached hydrogens (tertiary/aromatic N) is 3. The molecular weight excluding hydrogens is 421 g/mol. The summed E-state index contributed by atoms with van der Waals surface area (Å²) in [5, 5.41) is 3.42. The number of alkyl halides is 3. The third-order valence-corrected chi connectivity index (χ3v) is 5.49. The molecule has 0 aliphatic carbocycles. The monoisotopic (exact) mass is 442 g/mol. The summed E-state index contributed by atoms with van der Waals surface area (Å²) in [4.78, 5) is 23.4. The standard InChI is InChI=1S/C20H21F3N4O2.ClH/c1-12-10-16(13-4-3-5-14(11-13)29-20(21,22)23)25-17(24-12)15-6-7-19(26-15)8-9-27(2)18(19)28;/h3-5,10-11,15,26H,6-9H2,1-2H3;1H/t15-,19+;/m1./s1. The highest BCUT2D eigenvalue weighted by Crippen LogP contribution is 2.38. The van der Waals surface area contributed by atoms with E-state index in [1.165, 1.54) is 18.2 Å². The molecule has 0 bridgehead atoms. The van der Waals surface area contributed by atoms with Gasteiger partial charge in [0.15, 0.2) is 0 Å². The molecule has 1 aromatic heterocycles. The van der Waals surface area contributed by atoms with Crippen molar-refractivity contribution in [3.05, 3.63) is 41.9 Å². The lowest BCUT2D eigenvalue weighted by molar-refractivity contribution is -0.274. The Labute approximate surface area is 178 Å². The highest BCUT2D eigenvalue weighted by atomic mass is 35.5. The van der Waals surface area contributed by atoms with E-state index in [0.717, 1.165) is 12.8 Å². The number of ether oxygens (including phenoxy) is 1. The molecular formula is C20H22ClF3N4O2. The fourth-order valence-electron chi connectivity index (χ4n) is 4.11. The molecule has 1 aromatic carbocycles. The van der Waals surface area contributed by atoms with Crippen LogP contribution < -0.4 is 10.1 Å². The molecule has 2 atom stereocenters. The van der Waals surface area contributed by atoms with E-state index in [2.05, 4.69) is 20.0 Å². The maximum atomic E-state index is 12.5. The third-order valence-electron chi connectivity index (χ3n) is 5.49. The molecule has 30 heavy (non-hydrogen) atoms. The minimum absolute atomic E-state index is 0. The molecule has 2 fully saturated rings. The van der Waals surface area contributed by atoms with Gasteiger partial charge in [-0.1, -0.05) is 12.1 Å². The SMILES string of the molecule is Cc1cc(-c2cccc(OC(F)(F)F)c2)nc([C@H]2CC[C@@]3(CCN(C)C3=O)N2)n1.Cl. The number of nitrogens with one attached hydrogen (secondary N) is 1. The third kappa shape index (κ3) is 4.37. The van der Waals surface area contributed by atoms with Crippen molar-refractivity contribution in [2.24, 2.45) is 0 Å². The van der Waals surface area contributed by atoms with Gasteiger partial charge in [-0.25, -0.2) is 9.97 Å². The fraction of sp³-hybridized carbons (Fsp3) is 0.450. The molecule has 2 saturated heterocycles. The van der Waals surface area contributed by atoms with Crippen LogP contribution in [0.25, 0.3) is 11.3 Å². The van der Waals surface area contributed by atoms with Crippen LogP contribution >= 0.6 is 12.4 Å². The van der Waals surface area contributed by atoms with Crippen molar-refractivity contribution in [3.8, 4) is 17.0 Å². The Morgan fingerprint density at radius 1 is 1.23 bits per heavy atom. The fourth-order valence-corrected chi connectivity index (χ4v) is 4.11. The molecule has 0 saturated carbocycles. The zero-order valence-electron chi connectivity index (χ0n) is 16.5. The zero-order valence-corrected chi connectivity index (χ0v) is 17.3. The molecule has 1 N–H and O–H groups in total. The van der Waals surface area contributed by atoms with Gasteiger partial charge in [-0.2, -0.15) is 0 Å². The van der Waals surface area contributed by atoms with Crippen molar-refractivity contribution < 1.29 is 22.7 Å². The quantitative estimate of drug-likeness (QED) is 0.783. The topological polar surface area (TPSA) is 67.3 Å². The number of rotatable bonds is 3. The number of amides is 1. The summed E-state index contributed by atoms with van der Waals surface area (Å²) in [6.07, 6.45) is -2.58. The van der Waals surface area contributed by atoms with Crippen LogP contribution in [0.1, 0.15) is 36.8 Å². The molecule has 6 nitrogen and oxygen atoms in total. The van der Waals surface area contributed by atoms with Crippen LogP contribution in [0.3, 0.4) is 0 Å². The molecule has 1 spiro atoms.